The van der Waals surface area contributed by atoms with E-state index in [0.717, 1.165) is 5.69 Å². The molecule has 2 N–H and O–H groups in total. The fraction of sp³-hybridized carbons (Fsp3) is 0. The summed E-state index contributed by atoms with van der Waals surface area (Å²) >= 11 is 0. The van der Waals surface area contributed by atoms with Crippen molar-refractivity contribution >= 4 is 74.1 Å². The Morgan fingerprint density at radius 1 is 0.417 bits per heavy atom. The zero-order valence-corrected chi connectivity index (χ0v) is 20.7. The Balaban J connectivity index is 1.41. The van der Waals surface area contributed by atoms with Gasteiger partial charge in [0.1, 0.15) is 0 Å². The Hall–Kier alpha value is -4.19. The van der Waals surface area contributed by atoms with Crippen molar-refractivity contribution in [1.82, 2.24) is 0 Å². The van der Waals surface area contributed by atoms with E-state index in [1.165, 1.54) is 81.4 Å². The van der Waals surface area contributed by atoms with Gasteiger partial charge in [0.2, 0.25) is 0 Å². The number of benzene rings is 6. The van der Waals surface area contributed by atoms with Crippen LogP contribution >= 0.6 is 9.24 Å². The molecule has 1 atom stereocenters. The molecule has 0 aliphatic heterocycles. The summed E-state index contributed by atoms with van der Waals surface area (Å²) in [5.41, 5.74) is 11.7. The first-order valence-electron chi connectivity index (χ1n) is 12.3. The van der Waals surface area contributed by atoms with Crippen LogP contribution in [0.1, 0.15) is 0 Å². The first kappa shape index (κ1) is 20.0. The van der Waals surface area contributed by atoms with E-state index >= 15 is 0 Å². The van der Waals surface area contributed by atoms with Crippen molar-refractivity contribution in [3.05, 3.63) is 109 Å². The third-order valence-corrected chi connectivity index (χ3v) is 8.19. The van der Waals surface area contributed by atoms with Crippen molar-refractivity contribution in [2.75, 3.05) is 5.73 Å². The highest BCUT2D eigenvalue weighted by Crippen LogP contribution is 2.47. The minimum atomic E-state index is 0.785. The zero-order valence-electron chi connectivity index (χ0n) is 19.5. The van der Waals surface area contributed by atoms with Gasteiger partial charge in [0, 0.05) is 5.69 Å². The Kier molecular flexibility index (Phi) is 3.99. The summed E-state index contributed by atoms with van der Waals surface area (Å²) in [6, 6.07) is 39.9. The van der Waals surface area contributed by atoms with Gasteiger partial charge >= 0.3 is 0 Å². The van der Waals surface area contributed by atoms with Gasteiger partial charge in [-0.1, -0.05) is 60.7 Å². The average molecular weight is 476 g/mol. The molecular formula is C34H22NP. The minimum absolute atomic E-state index is 0.785. The van der Waals surface area contributed by atoms with E-state index < -0.39 is 0 Å². The number of nitrogen functional groups attached to an aromatic ring is 1. The van der Waals surface area contributed by atoms with Crippen LogP contribution in [-0.2, 0) is 0 Å². The van der Waals surface area contributed by atoms with E-state index in [1.807, 2.05) is 12.1 Å². The highest BCUT2D eigenvalue weighted by Gasteiger charge is 2.19. The van der Waals surface area contributed by atoms with Crippen molar-refractivity contribution in [3.8, 4) is 22.3 Å². The lowest BCUT2D eigenvalue weighted by Crippen LogP contribution is -1.95. The molecule has 0 saturated heterocycles. The molecule has 2 heteroatoms. The standard InChI is InChI=1S/C34H22NP/c35-23-9-5-19(6-10-23)25-15-29-30(16-26(25)20-7-11-24(36)12-8-20)34-18-32-28-14-22-4-2-1-3-21(22)13-27(28)31(32)17-33(29)34/h1-18H,35-36H2. The third-order valence-electron chi connectivity index (χ3n) is 7.81. The second-order valence-corrected chi connectivity index (χ2v) is 10.5. The molecule has 36 heavy (non-hydrogen) atoms. The van der Waals surface area contributed by atoms with E-state index in [1.54, 1.807) is 0 Å². The Morgan fingerprint density at radius 2 is 0.806 bits per heavy atom. The lowest BCUT2D eigenvalue weighted by Gasteiger charge is -2.21. The Morgan fingerprint density at radius 3 is 1.28 bits per heavy atom. The van der Waals surface area contributed by atoms with E-state index in [-0.39, 0.29) is 0 Å². The maximum absolute atomic E-state index is 6.01. The average Bonchev–Trinajstić information content (AvgIpc) is 2.90. The zero-order chi connectivity index (χ0) is 24.0. The fourth-order valence-electron chi connectivity index (χ4n) is 5.90. The highest BCUT2D eigenvalue weighted by atomic mass is 31.0. The van der Waals surface area contributed by atoms with Gasteiger partial charge in [-0.25, -0.2) is 0 Å². The predicted molar refractivity (Wildman–Crippen MR) is 161 cm³/mol. The minimum Gasteiger partial charge on any atom is -0.399 e. The highest BCUT2D eigenvalue weighted by molar-refractivity contribution is 7.27. The van der Waals surface area contributed by atoms with Crippen molar-refractivity contribution in [2.45, 2.75) is 0 Å². The van der Waals surface area contributed by atoms with Crippen LogP contribution < -0.4 is 11.0 Å². The third kappa shape index (κ3) is 2.75. The maximum Gasteiger partial charge on any atom is 0.0314 e. The van der Waals surface area contributed by atoms with Crippen LogP contribution in [0.4, 0.5) is 5.69 Å². The molecule has 0 radical (unpaired) electrons. The van der Waals surface area contributed by atoms with Crippen LogP contribution in [0.5, 0.6) is 0 Å². The molecule has 0 heterocycles. The number of fused-ring (bicyclic) bond motifs is 9. The Labute approximate surface area is 211 Å². The number of hydrogen-bond acceptors (Lipinski definition) is 1. The molecule has 8 aromatic carbocycles. The van der Waals surface area contributed by atoms with Gasteiger partial charge in [0.15, 0.2) is 0 Å². The number of hydrogen-bond donors (Lipinski definition) is 1. The van der Waals surface area contributed by atoms with Gasteiger partial charge in [-0.05, 0) is 130 Å². The number of nitrogens with two attached hydrogens (primary N) is 1. The molecule has 0 fully saturated rings. The molecule has 0 aliphatic rings. The summed E-state index contributed by atoms with van der Waals surface area (Å²) in [5, 5.41) is 14.7. The molecule has 0 amide bonds. The lowest BCUT2D eigenvalue weighted by molar-refractivity contribution is 1.61. The Bertz CT molecular complexity index is 1940. The van der Waals surface area contributed by atoms with Crippen LogP contribution in [0.2, 0.25) is 0 Å². The van der Waals surface area contributed by atoms with E-state index in [2.05, 4.69) is 106 Å². The van der Waals surface area contributed by atoms with Gasteiger partial charge in [-0.3, -0.25) is 0 Å². The van der Waals surface area contributed by atoms with E-state index in [9.17, 15) is 0 Å². The molecule has 8 rings (SSSR count). The number of anilines is 1. The summed E-state index contributed by atoms with van der Waals surface area (Å²) in [6.07, 6.45) is 0. The van der Waals surface area contributed by atoms with Gasteiger partial charge in [-0.2, -0.15) is 0 Å². The summed E-state index contributed by atoms with van der Waals surface area (Å²) in [4.78, 5) is 0. The van der Waals surface area contributed by atoms with Crippen molar-refractivity contribution in [2.24, 2.45) is 0 Å². The van der Waals surface area contributed by atoms with Gasteiger partial charge in [-0.15, -0.1) is 9.24 Å². The van der Waals surface area contributed by atoms with Gasteiger partial charge in [0.05, 0.1) is 0 Å². The van der Waals surface area contributed by atoms with Crippen molar-refractivity contribution in [1.29, 1.82) is 0 Å². The second-order valence-electron chi connectivity index (χ2n) is 9.88. The first-order chi connectivity index (χ1) is 17.6. The molecule has 1 nitrogen and oxygen atoms in total. The summed E-state index contributed by atoms with van der Waals surface area (Å²) in [7, 11) is 2.78. The molecule has 0 bridgehead atoms. The molecule has 0 aliphatic carbocycles. The molecule has 0 saturated carbocycles. The fourth-order valence-corrected chi connectivity index (χ4v) is 6.09. The van der Waals surface area contributed by atoms with Crippen LogP contribution in [0, 0.1) is 0 Å². The quantitative estimate of drug-likeness (QED) is 0.196. The van der Waals surface area contributed by atoms with Gasteiger partial charge in [0.25, 0.3) is 0 Å². The predicted octanol–water partition coefficient (Wildman–Crippen LogP) is 8.74. The van der Waals surface area contributed by atoms with E-state index in [4.69, 9.17) is 5.73 Å². The van der Waals surface area contributed by atoms with Crippen LogP contribution in [0.15, 0.2) is 109 Å². The largest absolute Gasteiger partial charge is 0.399 e. The second kappa shape index (κ2) is 7.17. The van der Waals surface area contributed by atoms with Crippen LogP contribution in [0.25, 0.3) is 76.1 Å². The van der Waals surface area contributed by atoms with Gasteiger partial charge < -0.3 is 5.73 Å². The normalized spacial score (nSPS) is 12.1. The van der Waals surface area contributed by atoms with Crippen molar-refractivity contribution < 1.29 is 0 Å². The SMILES string of the molecule is Nc1ccc(-c2cc3c(cc2-c2ccc(P)cc2)c2cc4c5cc6ccccc6cc5c4cc32)cc1. The summed E-state index contributed by atoms with van der Waals surface area (Å²) < 4.78 is 0. The summed E-state index contributed by atoms with van der Waals surface area (Å²) in [5.74, 6) is 0. The monoisotopic (exact) mass is 475 g/mol. The molecule has 1 unspecified atom stereocenters. The van der Waals surface area contributed by atoms with Crippen LogP contribution in [-0.4, -0.2) is 0 Å². The lowest BCUT2D eigenvalue weighted by atomic mass is 9.82. The smallest absolute Gasteiger partial charge is 0.0314 e. The molecular weight excluding hydrogens is 453 g/mol. The first-order valence-corrected chi connectivity index (χ1v) is 12.8. The van der Waals surface area contributed by atoms with Crippen LogP contribution in [0.3, 0.4) is 0 Å². The topological polar surface area (TPSA) is 26.0 Å². The maximum atomic E-state index is 6.01. The van der Waals surface area contributed by atoms with Crippen molar-refractivity contribution in [3.63, 3.8) is 0 Å². The molecule has 0 aromatic heterocycles. The molecule has 168 valence electrons. The number of rotatable bonds is 2. The molecule has 8 aromatic rings. The molecule has 0 spiro atoms. The van der Waals surface area contributed by atoms with E-state index in [0.29, 0.717) is 0 Å². The summed E-state index contributed by atoms with van der Waals surface area (Å²) in [6.45, 7) is 0.